The number of hydrogen-bond donors (Lipinski definition) is 0. The van der Waals surface area contributed by atoms with Gasteiger partial charge in [-0.2, -0.15) is 0 Å². The second kappa shape index (κ2) is 13.6. The summed E-state index contributed by atoms with van der Waals surface area (Å²) < 4.78 is 6.19. The predicted octanol–water partition coefficient (Wildman–Crippen LogP) is 6.98. The van der Waals surface area contributed by atoms with Crippen LogP contribution in [-0.2, 0) is 31.6 Å². The Labute approximate surface area is 240 Å². The van der Waals surface area contributed by atoms with Crippen LogP contribution >= 0.6 is 0 Å². The van der Waals surface area contributed by atoms with E-state index in [0.29, 0.717) is 25.4 Å². The van der Waals surface area contributed by atoms with Crippen molar-refractivity contribution in [1.82, 2.24) is 14.7 Å². The maximum Gasteiger partial charge on any atom is 0.289 e. The van der Waals surface area contributed by atoms with Gasteiger partial charge in [-0.25, -0.2) is 0 Å². The first-order chi connectivity index (χ1) is 19.2. The van der Waals surface area contributed by atoms with E-state index in [2.05, 4.69) is 91.2 Å². The highest BCUT2D eigenvalue weighted by Gasteiger charge is 2.21. The minimum absolute atomic E-state index is 0.0793. The third-order valence-electron chi connectivity index (χ3n) is 7.05. The van der Waals surface area contributed by atoms with Gasteiger partial charge < -0.3 is 14.2 Å². The third kappa shape index (κ3) is 8.67. The average Bonchev–Trinajstić information content (AvgIpc) is 3.40. The van der Waals surface area contributed by atoms with Crippen LogP contribution in [0.2, 0.25) is 0 Å². The van der Waals surface area contributed by atoms with Gasteiger partial charge in [-0.1, -0.05) is 106 Å². The normalized spacial score (nSPS) is 11.8. The molecule has 0 spiro atoms. The monoisotopic (exact) mass is 537 g/mol. The lowest BCUT2D eigenvalue weighted by Gasteiger charge is -2.24. The van der Waals surface area contributed by atoms with Crippen molar-refractivity contribution in [2.75, 3.05) is 27.2 Å². The van der Waals surface area contributed by atoms with Crippen LogP contribution in [0.15, 0.2) is 101 Å². The molecule has 0 fully saturated rings. The summed E-state index contributed by atoms with van der Waals surface area (Å²) in [4.78, 5) is 19.9. The molecule has 0 aliphatic carbocycles. The quantitative estimate of drug-likeness (QED) is 0.195. The Morgan fingerprint density at radius 2 is 1.20 bits per heavy atom. The van der Waals surface area contributed by atoms with Gasteiger partial charge in [0.05, 0.1) is 6.54 Å². The first kappa shape index (κ1) is 29.3. The van der Waals surface area contributed by atoms with Gasteiger partial charge in [0.2, 0.25) is 0 Å². The summed E-state index contributed by atoms with van der Waals surface area (Å²) in [5.41, 5.74) is 5.06. The lowest BCUT2D eigenvalue weighted by molar-refractivity contribution is 0.0695. The molecule has 1 aromatic heterocycles. The predicted molar refractivity (Wildman–Crippen MR) is 163 cm³/mol. The molecule has 5 nitrogen and oxygen atoms in total. The van der Waals surface area contributed by atoms with Gasteiger partial charge in [-0.05, 0) is 53.9 Å². The van der Waals surface area contributed by atoms with Gasteiger partial charge in [-0.3, -0.25) is 9.69 Å². The van der Waals surface area contributed by atoms with Gasteiger partial charge in [0.25, 0.3) is 5.91 Å². The number of nitrogens with zero attached hydrogens (tertiary/aromatic N) is 3. The molecule has 4 rings (SSSR count). The SMILES string of the molecule is CN(C)CCN(Cc1ccccc1)C(=O)c1ccc(CN(Cc2ccccc2)Cc2ccc(C(C)(C)C)cc2)o1. The van der Waals surface area contributed by atoms with Crippen molar-refractivity contribution in [1.29, 1.82) is 0 Å². The molecule has 0 saturated carbocycles. The van der Waals surface area contributed by atoms with Crippen LogP contribution in [0.25, 0.3) is 0 Å². The highest BCUT2D eigenvalue weighted by Crippen LogP contribution is 2.24. The maximum absolute atomic E-state index is 13.6. The van der Waals surface area contributed by atoms with Crippen molar-refractivity contribution in [3.05, 3.63) is 131 Å². The van der Waals surface area contributed by atoms with Crippen molar-refractivity contribution in [3.8, 4) is 0 Å². The Morgan fingerprint density at radius 1 is 0.650 bits per heavy atom. The minimum atomic E-state index is -0.0793. The molecule has 1 amide bonds. The van der Waals surface area contributed by atoms with E-state index in [4.69, 9.17) is 4.42 Å². The second-order valence-electron chi connectivity index (χ2n) is 11.9. The van der Waals surface area contributed by atoms with Crippen molar-refractivity contribution < 1.29 is 9.21 Å². The average molecular weight is 538 g/mol. The molecule has 210 valence electrons. The number of rotatable bonds is 12. The van der Waals surface area contributed by atoms with Crippen LogP contribution < -0.4 is 0 Å². The molecular formula is C35H43N3O2. The summed E-state index contributed by atoms with van der Waals surface area (Å²) in [5, 5.41) is 0. The van der Waals surface area contributed by atoms with E-state index >= 15 is 0 Å². The lowest BCUT2D eigenvalue weighted by Crippen LogP contribution is -2.36. The zero-order chi connectivity index (χ0) is 28.5. The molecular weight excluding hydrogens is 494 g/mol. The lowest BCUT2D eigenvalue weighted by atomic mass is 9.87. The number of furan rings is 1. The van der Waals surface area contributed by atoms with Crippen LogP contribution in [0.5, 0.6) is 0 Å². The minimum Gasteiger partial charge on any atom is -0.455 e. The number of carbonyl (C=O) groups excluding carboxylic acids is 1. The first-order valence-electron chi connectivity index (χ1n) is 14.1. The Kier molecular flexibility index (Phi) is 9.97. The molecule has 0 atom stereocenters. The Morgan fingerprint density at radius 3 is 1.75 bits per heavy atom. The van der Waals surface area contributed by atoms with Crippen LogP contribution in [0.4, 0.5) is 0 Å². The Balaban J connectivity index is 1.50. The molecule has 0 N–H and O–H groups in total. The summed E-state index contributed by atoms with van der Waals surface area (Å²) in [6, 6.07) is 33.3. The summed E-state index contributed by atoms with van der Waals surface area (Å²) in [6.07, 6.45) is 0. The number of likely N-dealkylation sites (N-methyl/N-ethyl adjacent to an activating group) is 1. The molecule has 5 heteroatoms. The molecule has 40 heavy (non-hydrogen) atoms. The number of benzene rings is 3. The summed E-state index contributed by atoms with van der Waals surface area (Å²) in [5.74, 6) is 1.10. The van der Waals surface area contributed by atoms with Gasteiger partial charge in [-0.15, -0.1) is 0 Å². The zero-order valence-electron chi connectivity index (χ0n) is 24.6. The van der Waals surface area contributed by atoms with E-state index < -0.39 is 0 Å². The van der Waals surface area contributed by atoms with Crippen molar-refractivity contribution in [2.45, 2.75) is 52.4 Å². The molecule has 3 aromatic carbocycles. The van der Waals surface area contributed by atoms with Gasteiger partial charge in [0.15, 0.2) is 5.76 Å². The molecule has 0 unspecified atom stereocenters. The third-order valence-corrected chi connectivity index (χ3v) is 7.05. The molecule has 0 radical (unpaired) electrons. The first-order valence-corrected chi connectivity index (χ1v) is 14.1. The zero-order valence-corrected chi connectivity index (χ0v) is 24.6. The van der Waals surface area contributed by atoms with Crippen molar-refractivity contribution in [3.63, 3.8) is 0 Å². The second-order valence-corrected chi connectivity index (χ2v) is 11.9. The van der Waals surface area contributed by atoms with E-state index in [-0.39, 0.29) is 11.3 Å². The topological polar surface area (TPSA) is 39.9 Å². The van der Waals surface area contributed by atoms with Crippen LogP contribution in [-0.4, -0.2) is 47.8 Å². The largest absolute Gasteiger partial charge is 0.455 e. The molecule has 0 aliphatic rings. The molecule has 0 aliphatic heterocycles. The summed E-state index contributed by atoms with van der Waals surface area (Å²) in [6.45, 7) is 10.9. The Hall–Kier alpha value is -3.67. The van der Waals surface area contributed by atoms with E-state index in [0.717, 1.165) is 31.0 Å². The van der Waals surface area contributed by atoms with E-state index in [1.54, 1.807) is 0 Å². The smallest absolute Gasteiger partial charge is 0.289 e. The van der Waals surface area contributed by atoms with E-state index in [9.17, 15) is 4.79 Å². The Bertz CT molecular complexity index is 1320. The fourth-order valence-electron chi connectivity index (χ4n) is 4.71. The number of amides is 1. The van der Waals surface area contributed by atoms with Gasteiger partial charge in [0, 0.05) is 32.7 Å². The maximum atomic E-state index is 13.6. The van der Waals surface area contributed by atoms with Gasteiger partial charge >= 0.3 is 0 Å². The molecule has 4 aromatic rings. The van der Waals surface area contributed by atoms with Crippen molar-refractivity contribution in [2.24, 2.45) is 0 Å². The van der Waals surface area contributed by atoms with Crippen LogP contribution in [0.3, 0.4) is 0 Å². The number of carbonyl (C=O) groups is 1. The fraction of sp³-hybridized carbons (Fsp3) is 0.343. The highest BCUT2D eigenvalue weighted by molar-refractivity contribution is 5.91. The van der Waals surface area contributed by atoms with E-state index in [1.165, 1.54) is 16.7 Å². The van der Waals surface area contributed by atoms with E-state index in [1.807, 2.05) is 55.4 Å². The standard InChI is InChI=1S/C35H43N3O2/c1-35(2,3)31-18-16-30(17-19-31)25-37(24-28-12-8-6-9-13-28)27-32-20-21-33(40-32)34(39)38(23-22-36(4)5)26-29-14-10-7-11-15-29/h6-21H,22-27H2,1-5H3. The van der Waals surface area contributed by atoms with Crippen molar-refractivity contribution >= 4 is 5.91 Å². The molecule has 0 saturated heterocycles. The number of hydrogen-bond acceptors (Lipinski definition) is 4. The van der Waals surface area contributed by atoms with Crippen LogP contribution in [0, 0.1) is 0 Å². The summed E-state index contributed by atoms with van der Waals surface area (Å²) in [7, 11) is 4.04. The molecule has 0 bridgehead atoms. The highest BCUT2D eigenvalue weighted by atomic mass is 16.4. The van der Waals surface area contributed by atoms with Gasteiger partial charge in [0.1, 0.15) is 5.76 Å². The summed E-state index contributed by atoms with van der Waals surface area (Å²) >= 11 is 0. The van der Waals surface area contributed by atoms with Crippen LogP contribution in [0.1, 0.15) is 59.3 Å². The fourth-order valence-corrected chi connectivity index (χ4v) is 4.71. The molecule has 1 heterocycles.